The van der Waals surface area contributed by atoms with E-state index in [9.17, 15) is 4.79 Å². The molecule has 0 bridgehead atoms. The minimum atomic E-state index is -0.981. The number of hydrogen-bond acceptors (Lipinski definition) is 10. The predicted octanol–water partition coefficient (Wildman–Crippen LogP) is 2.14. The normalized spacial score (nSPS) is 9.11. The number of ether oxygens (including phenoxy) is 2. The van der Waals surface area contributed by atoms with Gasteiger partial charge in [-0.25, -0.2) is 4.79 Å². The molecule has 0 spiro atoms. The number of carboxylic acid groups (broad SMARTS) is 1. The zero-order chi connectivity index (χ0) is 29.9. The van der Waals surface area contributed by atoms with Crippen LogP contribution in [0.3, 0.4) is 0 Å². The quantitative estimate of drug-likeness (QED) is 0.105. The lowest BCUT2D eigenvalue weighted by atomic mass is 10.3. The van der Waals surface area contributed by atoms with Crippen LogP contribution in [-0.4, -0.2) is 106 Å². The Kier molecular flexibility index (Phi) is 120. The molecular weight excluding hydrogens is 464 g/mol. The molecule has 0 aliphatic heterocycles. The van der Waals surface area contributed by atoms with Crippen molar-refractivity contribution in [2.45, 2.75) is 88.4 Å². The molecule has 0 aliphatic carbocycles. The molecule has 11 nitrogen and oxygen atoms in total. The number of carboxylic acids is 1. The van der Waals surface area contributed by atoms with E-state index in [0.717, 1.165) is 12.8 Å². The molecule has 8 N–H and O–H groups in total. The maximum Gasteiger partial charge on any atom is 0.334 e. The van der Waals surface area contributed by atoms with Crippen LogP contribution < -0.4 is 0 Å². The molecular formula is C24H60O11. The summed E-state index contributed by atoms with van der Waals surface area (Å²) in [5, 5.41) is 61.5. The van der Waals surface area contributed by atoms with E-state index in [0.29, 0.717) is 6.61 Å². The topological polar surface area (TPSA) is 197 Å². The van der Waals surface area contributed by atoms with Gasteiger partial charge in [0.1, 0.15) is 0 Å². The van der Waals surface area contributed by atoms with Crippen LogP contribution in [0.15, 0.2) is 11.8 Å². The van der Waals surface area contributed by atoms with Crippen molar-refractivity contribution in [2.24, 2.45) is 0 Å². The number of aliphatic carboxylic acids is 1. The first-order valence-electron chi connectivity index (χ1n) is 11.9. The number of carbonyl (C=O) groups is 1. The van der Waals surface area contributed by atoms with Crippen molar-refractivity contribution in [2.75, 3.05) is 52.9 Å². The molecule has 1 unspecified atom stereocenters. The lowest BCUT2D eigenvalue weighted by Crippen LogP contribution is -2.11. The van der Waals surface area contributed by atoms with Crippen molar-refractivity contribution in [3.8, 4) is 0 Å². The maximum absolute atomic E-state index is 10.4. The first-order valence-corrected chi connectivity index (χ1v) is 11.9. The SMILES string of the molecule is CCCCOC(C)OC=C(C)C(=O)O.CCO.CCO.CCO.CCO.CCO.CCO.CCO. The Morgan fingerprint density at radius 1 is 0.686 bits per heavy atom. The van der Waals surface area contributed by atoms with E-state index >= 15 is 0 Å². The number of rotatable bonds is 7. The summed E-state index contributed by atoms with van der Waals surface area (Å²) in [7, 11) is 0. The highest BCUT2D eigenvalue weighted by molar-refractivity contribution is 5.85. The van der Waals surface area contributed by atoms with Crippen molar-refractivity contribution in [1.82, 2.24) is 0 Å². The fourth-order valence-corrected chi connectivity index (χ4v) is 0.681. The summed E-state index contributed by atoms with van der Waals surface area (Å²) in [6.07, 6.45) is 2.86. The van der Waals surface area contributed by atoms with Gasteiger partial charge in [-0.1, -0.05) is 13.3 Å². The molecule has 222 valence electrons. The highest BCUT2D eigenvalue weighted by Crippen LogP contribution is 2.00. The van der Waals surface area contributed by atoms with Gasteiger partial charge in [0.05, 0.1) is 18.4 Å². The third-order valence-corrected chi connectivity index (χ3v) is 1.62. The van der Waals surface area contributed by atoms with Gasteiger partial charge in [-0.2, -0.15) is 0 Å². The van der Waals surface area contributed by atoms with Crippen LogP contribution in [0.25, 0.3) is 0 Å². The van der Waals surface area contributed by atoms with E-state index < -0.39 is 12.3 Å². The third kappa shape index (κ3) is 191. The summed E-state index contributed by atoms with van der Waals surface area (Å²) < 4.78 is 10.3. The predicted molar refractivity (Wildman–Crippen MR) is 142 cm³/mol. The van der Waals surface area contributed by atoms with E-state index in [4.69, 9.17) is 50.3 Å². The van der Waals surface area contributed by atoms with Crippen LogP contribution in [0.2, 0.25) is 0 Å². The summed E-state index contributed by atoms with van der Waals surface area (Å²) in [5.74, 6) is -0.981. The fourth-order valence-electron chi connectivity index (χ4n) is 0.681. The van der Waals surface area contributed by atoms with Crippen molar-refractivity contribution in [3.05, 3.63) is 11.8 Å². The molecule has 0 aromatic carbocycles. The summed E-state index contributed by atoms with van der Waals surface area (Å²) in [6, 6.07) is 0. The Labute approximate surface area is 214 Å². The molecule has 0 aromatic rings. The minimum Gasteiger partial charge on any atom is -0.478 e. The van der Waals surface area contributed by atoms with E-state index in [1.165, 1.54) is 13.2 Å². The monoisotopic (exact) mass is 524 g/mol. The van der Waals surface area contributed by atoms with Gasteiger partial charge in [0.25, 0.3) is 0 Å². The Bertz CT molecular complexity index is 284. The standard InChI is InChI=1S/C10H18O4.7C2H6O/c1-4-5-6-13-9(3)14-7-8(2)10(11)12;7*1-2-3/h7,9H,4-6H2,1-3H3,(H,11,12);7*3H,2H2,1H3. The van der Waals surface area contributed by atoms with E-state index in [2.05, 4.69) is 6.92 Å². The van der Waals surface area contributed by atoms with Gasteiger partial charge < -0.3 is 50.3 Å². The summed E-state index contributed by atoms with van der Waals surface area (Å²) >= 11 is 0. The molecule has 0 aliphatic rings. The number of hydrogen-bond donors (Lipinski definition) is 8. The maximum atomic E-state index is 10.4. The second-order valence-electron chi connectivity index (χ2n) is 5.25. The van der Waals surface area contributed by atoms with Crippen LogP contribution in [-0.2, 0) is 14.3 Å². The number of aliphatic hydroxyl groups is 7. The van der Waals surface area contributed by atoms with Gasteiger partial charge in [0.15, 0.2) is 6.29 Å². The van der Waals surface area contributed by atoms with Crippen LogP contribution in [0.5, 0.6) is 0 Å². The van der Waals surface area contributed by atoms with Crippen LogP contribution in [0.1, 0.15) is 82.1 Å². The van der Waals surface area contributed by atoms with Crippen LogP contribution in [0, 0.1) is 0 Å². The Hall–Kier alpha value is -1.31. The first kappa shape index (κ1) is 54.6. The van der Waals surface area contributed by atoms with Crippen LogP contribution >= 0.6 is 0 Å². The molecule has 0 aromatic heterocycles. The van der Waals surface area contributed by atoms with Gasteiger partial charge in [-0.05, 0) is 68.7 Å². The van der Waals surface area contributed by atoms with Gasteiger partial charge in [-0.3, -0.25) is 0 Å². The molecule has 0 fully saturated rings. The minimum absolute atomic E-state index is 0.163. The molecule has 11 heteroatoms. The van der Waals surface area contributed by atoms with Crippen LogP contribution in [0.4, 0.5) is 0 Å². The lowest BCUT2D eigenvalue weighted by molar-refractivity contribution is -0.133. The molecule has 0 saturated heterocycles. The molecule has 0 rings (SSSR count). The largest absolute Gasteiger partial charge is 0.478 e. The zero-order valence-corrected chi connectivity index (χ0v) is 24.0. The highest BCUT2D eigenvalue weighted by atomic mass is 16.7. The molecule has 0 radical (unpaired) electrons. The summed E-state index contributed by atoms with van der Waals surface area (Å²) in [6.45, 7) is 19.4. The molecule has 0 amide bonds. The average Bonchev–Trinajstić information content (AvgIpc) is 2.76. The van der Waals surface area contributed by atoms with Gasteiger partial charge in [0.2, 0.25) is 0 Å². The third-order valence-electron chi connectivity index (χ3n) is 1.62. The molecule has 1 atom stereocenters. The second kappa shape index (κ2) is 76.7. The number of aliphatic hydroxyl groups excluding tert-OH is 7. The van der Waals surface area contributed by atoms with E-state index in [1.807, 2.05) is 0 Å². The fraction of sp³-hybridized carbons (Fsp3) is 0.875. The molecule has 0 saturated carbocycles. The van der Waals surface area contributed by atoms with Gasteiger partial charge in [0, 0.05) is 46.2 Å². The van der Waals surface area contributed by atoms with Crippen molar-refractivity contribution in [3.63, 3.8) is 0 Å². The van der Waals surface area contributed by atoms with E-state index in [1.54, 1.807) is 55.4 Å². The van der Waals surface area contributed by atoms with E-state index in [-0.39, 0.29) is 51.8 Å². The van der Waals surface area contributed by atoms with Crippen molar-refractivity contribution < 1.29 is 55.1 Å². The zero-order valence-electron chi connectivity index (χ0n) is 24.0. The second-order valence-corrected chi connectivity index (χ2v) is 5.25. The summed E-state index contributed by atoms with van der Waals surface area (Å²) in [4.78, 5) is 10.4. The smallest absolute Gasteiger partial charge is 0.334 e. The number of unbranched alkanes of at least 4 members (excludes halogenated alkanes) is 1. The van der Waals surface area contributed by atoms with Gasteiger partial charge in [-0.15, -0.1) is 0 Å². The Morgan fingerprint density at radius 3 is 1.14 bits per heavy atom. The van der Waals surface area contributed by atoms with Crippen molar-refractivity contribution in [1.29, 1.82) is 0 Å². The average molecular weight is 525 g/mol. The molecule has 0 heterocycles. The van der Waals surface area contributed by atoms with Crippen molar-refractivity contribution >= 4 is 5.97 Å². The first-order chi connectivity index (χ1) is 16.5. The summed E-state index contributed by atoms with van der Waals surface area (Å²) in [5.41, 5.74) is 0.163. The van der Waals surface area contributed by atoms with Gasteiger partial charge >= 0.3 is 5.97 Å². The lowest BCUT2D eigenvalue weighted by Gasteiger charge is -2.12. The highest BCUT2D eigenvalue weighted by Gasteiger charge is 2.03. The Balaban J connectivity index is -0.0000000475. The Morgan fingerprint density at radius 2 is 0.943 bits per heavy atom. The molecule has 35 heavy (non-hydrogen) atoms.